The van der Waals surface area contributed by atoms with Crippen molar-refractivity contribution in [3.63, 3.8) is 0 Å². The number of ether oxygens (including phenoxy) is 1. The Morgan fingerprint density at radius 2 is 2.16 bits per heavy atom. The fourth-order valence-electron chi connectivity index (χ4n) is 2.00. The van der Waals surface area contributed by atoms with Gasteiger partial charge in [-0.2, -0.15) is 0 Å². The molecular formula is C15H26N2O2. The third kappa shape index (κ3) is 5.94. The lowest BCUT2D eigenvalue weighted by atomic mass is 10.1. The van der Waals surface area contributed by atoms with Gasteiger partial charge in [0.2, 0.25) is 0 Å². The highest BCUT2D eigenvalue weighted by Gasteiger charge is 2.13. The van der Waals surface area contributed by atoms with Gasteiger partial charge in [-0.1, -0.05) is 19.4 Å². The summed E-state index contributed by atoms with van der Waals surface area (Å²) in [5.74, 6) is 0.698. The van der Waals surface area contributed by atoms with Gasteiger partial charge in [0.05, 0.1) is 0 Å². The van der Waals surface area contributed by atoms with Gasteiger partial charge in [-0.25, -0.2) is 0 Å². The van der Waals surface area contributed by atoms with Crippen LogP contribution in [0.5, 0.6) is 5.75 Å². The highest BCUT2D eigenvalue weighted by atomic mass is 16.5. The van der Waals surface area contributed by atoms with Gasteiger partial charge in [-0.05, 0) is 32.5 Å². The Bertz CT molecular complexity index is 371. The standard InChI is InChI=1S/C15H26N2O2/c1-4-6-12(2)17(3)10-14(18)11-19-15-8-5-7-13(16)9-15/h5,7-9,12,14,18H,4,6,10-11,16H2,1-3H3. The normalized spacial score (nSPS) is 14.4. The number of nitrogens with zero attached hydrogens (tertiary/aromatic N) is 1. The maximum absolute atomic E-state index is 9.97. The first-order valence-corrected chi connectivity index (χ1v) is 6.89. The number of likely N-dealkylation sites (N-methyl/N-ethyl adjacent to an activating group) is 1. The summed E-state index contributed by atoms with van der Waals surface area (Å²) in [4.78, 5) is 2.16. The molecule has 0 saturated carbocycles. The molecule has 0 aliphatic rings. The molecule has 0 aliphatic carbocycles. The zero-order chi connectivity index (χ0) is 14.3. The molecule has 0 amide bonds. The van der Waals surface area contributed by atoms with Crippen LogP contribution in [0.2, 0.25) is 0 Å². The van der Waals surface area contributed by atoms with Crippen LogP contribution in [-0.2, 0) is 0 Å². The Labute approximate surface area is 116 Å². The van der Waals surface area contributed by atoms with E-state index in [1.807, 2.05) is 25.2 Å². The van der Waals surface area contributed by atoms with Crippen LogP contribution in [0.15, 0.2) is 24.3 Å². The third-order valence-electron chi connectivity index (χ3n) is 3.26. The van der Waals surface area contributed by atoms with Gasteiger partial charge >= 0.3 is 0 Å². The first kappa shape index (κ1) is 15.8. The topological polar surface area (TPSA) is 58.7 Å². The first-order chi connectivity index (χ1) is 9.02. The number of anilines is 1. The van der Waals surface area contributed by atoms with E-state index in [0.29, 0.717) is 24.0 Å². The molecule has 0 spiro atoms. The van der Waals surface area contributed by atoms with Gasteiger partial charge in [-0.15, -0.1) is 0 Å². The van der Waals surface area contributed by atoms with E-state index in [4.69, 9.17) is 10.5 Å². The summed E-state index contributed by atoms with van der Waals surface area (Å²) >= 11 is 0. The minimum Gasteiger partial charge on any atom is -0.491 e. The summed E-state index contributed by atoms with van der Waals surface area (Å²) < 4.78 is 5.53. The van der Waals surface area contributed by atoms with Gasteiger partial charge in [0, 0.05) is 24.3 Å². The summed E-state index contributed by atoms with van der Waals surface area (Å²) in [6, 6.07) is 7.73. The molecule has 0 heterocycles. The third-order valence-corrected chi connectivity index (χ3v) is 3.26. The molecule has 2 unspecified atom stereocenters. The molecule has 0 aliphatic heterocycles. The molecule has 19 heavy (non-hydrogen) atoms. The Kier molecular flexibility index (Phi) is 6.67. The Hall–Kier alpha value is -1.26. The average Bonchev–Trinajstić information content (AvgIpc) is 2.36. The lowest BCUT2D eigenvalue weighted by Gasteiger charge is -2.26. The summed E-state index contributed by atoms with van der Waals surface area (Å²) in [6.07, 6.45) is 1.80. The van der Waals surface area contributed by atoms with E-state index in [9.17, 15) is 5.11 Å². The zero-order valence-corrected chi connectivity index (χ0v) is 12.2. The second-order valence-electron chi connectivity index (χ2n) is 5.11. The van der Waals surface area contributed by atoms with Crippen molar-refractivity contribution in [2.45, 2.75) is 38.8 Å². The molecule has 3 N–H and O–H groups in total. The van der Waals surface area contributed by atoms with E-state index < -0.39 is 6.10 Å². The minimum absolute atomic E-state index is 0.284. The minimum atomic E-state index is -0.495. The molecule has 0 fully saturated rings. The van der Waals surface area contributed by atoms with E-state index in [1.54, 1.807) is 6.07 Å². The van der Waals surface area contributed by atoms with E-state index in [2.05, 4.69) is 18.7 Å². The first-order valence-electron chi connectivity index (χ1n) is 6.89. The lowest BCUT2D eigenvalue weighted by molar-refractivity contribution is 0.0641. The number of rotatable bonds is 8. The van der Waals surface area contributed by atoms with E-state index in [0.717, 1.165) is 12.8 Å². The molecule has 1 aromatic rings. The SMILES string of the molecule is CCCC(C)N(C)CC(O)COc1cccc(N)c1. The molecule has 0 bridgehead atoms. The number of aliphatic hydroxyl groups excluding tert-OH is 1. The molecule has 1 rings (SSSR count). The molecule has 4 heteroatoms. The number of benzene rings is 1. The van der Waals surface area contributed by atoms with Crippen LogP contribution in [0.4, 0.5) is 5.69 Å². The highest BCUT2D eigenvalue weighted by Crippen LogP contribution is 2.14. The summed E-state index contributed by atoms with van der Waals surface area (Å²) in [5.41, 5.74) is 6.34. The van der Waals surface area contributed by atoms with Crippen molar-refractivity contribution in [3.8, 4) is 5.75 Å². The van der Waals surface area contributed by atoms with Crippen LogP contribution in [0.3, 0.4) is 0 Å². The lowest BCUT2D eigenvalue weighted by Crippen LogP contribution is -2.38. The quantitative estimate of drug-likeness (QED) is 0.708. The number of nitrogens with two attached hydrogens (primary N) is 1. The second-order valence-corrected chi connectivity index (χ2v) is 5.11. The van der Waals surface area contributed by atoms with E-state index in [1.165, 1.54) is 0 Å². The molecule has 0 radical (unpaired) electrons. The van der Waals surface area contributed by atoms with Crippen molar-refractivity contribution < 1.29 is 9.84 Å². The van der Waals surface area contributed by atoms with Crippen molar-refractivity contribution in [2.24, 2.45) is 0 Å². The summed E-state index contributed by atoms with van der Waals surface area (Å²) in [7, 11) is 2.03. The Morgan fingerprint density at radius 3 is 2.79 bits per heavy atom. The Morgan fingerprint density at radius 1 is 1.42 bits per heavy atom. The number of aliphatic hydroxyl groups is 1. The van der Waals surface area contributed by atoms with Crippen molar-refractivity contribution in [1.29, 1.82) is 0 Å². The zero-order valence-electron chi connectivity index (χ0n) is 12.2. The molecule has 2 atom stereocenters. The summed E-state index contributed by atoms with van der Waals surface area (Å²) in [5, 5.41) is 9.97. The van der Waals surface area contributed by atoms with Crippen LogP contribution < -0.4 is 10.5 Å². The summed E-state index contributed by atoms with van der Waals surface area (Å²) in [6.45, 7) is 5.24. The average molecular weight is 266 g/mol. The molecular weight excluding hydrogens is 240 g/mol. The largest absolute Gasteiger partial charge is 0.491 e. The Balaban J connectivity index is 2.33. The van der Waals surface area contributed by atoms with Crippen molar-refractivity contribution >= 4 is 5.69 Å². The molecule has 1 aromatic carbocycles. The van der Waals surface area contributed by atoms with Crippen LogP contribution in [-0.4, -0.2) is 42.4 Å². The molecule has 0 saturated heterocycles. The fourth-order valence-corrected chi connectivity index (χ4v) is 2.00. The highest BCUT2D eigenvalue weighted by molar-refractivity contribution is 5.43. The van der Waals surface area contributed by atoms with E-state index >= 15 is 0 Å². The monoisotopic (exact) mass is 266 g/mol. The van der Waals surface area contributed by atoms with Crippen LogP contribution in [0.25, 0.3) is 0 Å². The van der Waals surface area contributed by atoms with Crippen molar-refractivity contribution in [2.75, 3.05) is 25.9 Å². The van der Waals surface area contributed by atoms with Crippen LogP contribution in [0.1, 0.15) is 26.7 Å². The van der Waals surface area contributed by atoms with Crippen molar-refractivity contribution in [1.82, 2.24) is 4.90 Å². The molecule has 0 aromatic heterocycles. The maximum atomic E-state index is 9.97. The second kappa shape index (κ2) is 8.02. The number of nitrogen functional groups attached to an aromatic ring is 1. The fraction of sp³-hybridized carbons (Fsp3) is 0.600. The van der Waals surface area contributed by atoms with Crippen LogP contribution in [0, 0.1) is 0 Å². The van der Waals surface area contributed by atoms with Crippen LogP contribution >= 0.6 is 0 Å². The number of hydrogen-bond acceptors (Lipinski definition) is 4. The molecule has 4 nitrogen and oxygen atoms in total. The van der Waals surface area contributed by atoms with Gasteiger partial charge in [-0.3, -0.25) is 0 Å². The smallest absolute Gasteiger partial charge is 0.121 e. The molecule has 108 valence electrons. The van der Waals surface area contributed by atoms with Gasteiger partial charge in [0.1, 0.15) is 18.5 Å². The maximum Gasteiger partial charge on any atom is 0.121 e. The van der Waals surface area contributed by atoms with Crippen molar-refractivity contribution in [3.05, 3.63) is 24.3 Å². The van der Waals surface area contributed by atoms with Gasteiger partial charge in [0.15, 0.2) is 0 Å². The number of hydrogen-bond donors (Lipinski definition) is 2. The van der Waals surface area contributed by atoms with E-state index in [-0.39, 0.29) is 6.61 Å². The van der Waals surface area contributed by atoms with Gasteiger partial charge < -0.3 is 20.5 Å². The predicted molar refractivity (Wildman–Crippen MR) is 79.4 cm³/mol. The predicted octanol–water partition coefficient (Wildman–Crippen LogP) is 2.13. The van der Waals surface area contributed by atoms with Gasteiger partial charge in [0.25, 0.3) is 0 Å².